The molecule has 2 aromatic heterocycles. The molecule has 0 aliphatic rings. The van der Waals surface area contributed by atoms with E-state index in [0.29, 0.717) is 23.6 Å². The number of hydrogen-bond acceptors (Lipinski definition) is 8. The third kappa shape index (κ3) is 6.97. The Labute approximate surface area is 275 Å². The molecule has 6 aromatic rings. The van der Waals surface area contributed by atoms with Crippen molar-refractivity contribution in [2.75, 3.05) is 0 Å². The summed E-state index contributed by atoms with van der Waals surface area (Å²) in [6, 6.07) is 21.3. The van der Waals surface area contributed by atoms with Crippen LogP contribution in [0.3, 0.4) is 0 Å². The van der Waals surface area contributed by atoms with E-state index in [4.69, 9.17) is 9.47 Å². The third-order valence-corrected chi connectivity index (χ3v) is 8.16. The molecule has 0 unspecified atom stereocenters. The smallest absolute Gasteiger partial charge is 0.336 e. The molecular formula is C38H32N4O6. The van der Waals surface area contributed by atoms with Gasteiger partial charge in [-0.1, -0.05) is 60.7 Å². The second kappa shape index (κ2) is 14.1. The molecule has 240 valence electrons. The Morgan fingerprint density at radius 3 is 1.42 bits per heavy atom. The van der Waals surface area contributed by atoms with Crippen molar-refractivity contribution in [1.82, 2.24) is 19.9 Å². The number of carbonyl (C=O) groups is 4. The number of benzene rings is 4. The fraction of sp³-hybridized carbons (Fsp3) is 0.158. The summed E-state index contributed by atoms with van der Waals surface area (Å²) in [6.45, 7) is 3.77. The van der Waals surface area contributed by atoms with Crippen molar-refractivity contribution in [1.29, 1.82) is 0 Å². The van der Waals surface area contributed by atoms with E-state index in [0.717, 1.165) is 45.7 Å². The highest BCUT2D eigenvalue weighted by Gasteiger charge is 2.21. The van der Waals surface area contributed by atoms with Crippen molar-refractivity contribution in [3.8, 4) is 11.5 Å². The van der Waals surface area contributed by atoms with Crippen LogP contribution < -0.4 is 9.47 Å². The number of carbonyl (C=O) groups excluding carboxylic acids is 4. The number of ether oxygens (including phenoxy) is 2. The van der Waals surface area contributed by atoms with Gasteiger partial charge in [0.2, 0.25) is 0 Å². The van der Waals surface area contributed by atoms with Gasteiger partial charge in [-0.2, -0.15) is 0 Å². The lowest BCUT2D eigenvalue weighted by atomic mass is 9.97. The predicted molar refractivity (Wildman–Crippen MR) is 180 cm³/mol. The Morgan fingerprint density at radius 2 is 1.02 bits per heavy atom. The molecule has 0 aliphatic heterocycles. The Bertz CT molecular complexity index is 2050. The van der Waals surface area contributed by atoms with Crippen LogP contribution in [-0.2, 0) is 22.4 Å². The van der Waals surface area contributed by atoms with Crippen LogP contribution >= 0.6 is 0 Å². The number of aromatic amines is 2. The largest absolute Gasteiger partial charge is 0.423 e. The number of nitrogens with one attached hydrogen (secondary N) is 2. The summed E-state index contributed by atoms with van der Waals surface area (Å²) in [4.78, 5) is 67.4. The van der Waals surface area contributed by atoms with Crippen LogP contribution in [0.1, 0.15) is 56.3 Å². The number of rotatable bonds is 12. The number of H-pyrrole nitrogens is 2. The maximum atomic E-state index is 13.5. The normalized spacial score (nSPS) is 11.3. The van der Waals surface area contributed by atoms with Crippen LogP contribution in [0.4, 0.5) is 0 Å². The number of fused-ring (bicyclic) bond motifs is 2. The first-order valence-electron chi connectivity index (χ1n) is 15.5. The molecule has 10 nitrogen and oxygen atoms in total. The minimum Gasteiger partial charge on any atom is -0.423 e. The van der Waals surface area contributed by atoms with Gasteiger partial charge < -0.3 is 19.4 Å². The van der Waals surface area contributed by atoms with Crippen molar-refractivity contribution in [3.63, 3.8) is 0 Å². The number of hydrogen-bond donors (Lipinski definition) is 2. The Balaban J connectivity index is 1.19. The summed E-state index contributed by atoms with van der Waals surface area (Å²) in [5, 5.41) is 2.92. The Kier molecular flexibility index (Phi) is 9.33. The van der Waals surface area contributed by atoms with E-state index in [-0.39, 0.29) is 47.0 Å². The summed E-state index contributed by atoms with van der Waals surface area (Å²) in [5.74, 6) is -2.01. The molecule has 10 heteroatoms. The molecule has 0 atom stereocenters. The Hall–Kier alpha value is -6.16. The molecule has 2 heterocycles. The molecule has 0 amide bonds. The number of esters is 2. The molecule has 0 bridgehead atoms. The van der Waals surface area contributed by atoms with Crippen LogP contribution in [-0.4, -0.2) is 43.4 Å². The molecule has 2 N–H and O–H groups in total. The fourth-order valence-corrected chi connectivity index (χ4v) is 5.66. The van der Waals surface area contributed by atoms with Gasteiger partial charge in [0, 0.05) is 36.4 Å². The molecule has 0 saturated carbocycles. The molecule has 0 radical (unpaired) electrons. The van der Waals surface area contributed by atoms with E-state index in [1.807, 2.05) is 50.2 Å². The van der Waals surface area contributed by atoms with Gasteiger partial charge in [-0.05, 0) is 60.4 Å². The van der Waals surface area contributed by atoms with E-state index >= 15 is 0 Å². The highest BCUT2D eigenvalue weighted by molar-refractivity contribution is 6.12. The topological polar surface area (TPSA) is 144 Å². The maximum absolute atomic E-state index is 13.5. The summed E-state index contributed by atoms with van der Waals surface area (Å²) < 4.78 is 11.2. The number of aromatic nitrogens is 4. The Morgan fingerprint density at radius 1 is 0.604 bits per heavy atom. The molecule has 4 aromatic carbocycles. The van der Waals surface area contributed by atoms with Crippen LogP contribution in [0, 0.1) is 13.8 Å². The lowest BCUT2D eigenvalue weighted by molar-refractivity contribution is -0.131. The predicted octanol–water partition coefficient (Wildman–Crippen LogP) is 6.75. The quantitative estimate of drug-likeness (QED) is 0.0647. The van der Waals surface area contributed by atoms with E-state index < -0.39 is 11.9 Å². The maximum Gasteiger partial charge on any atom is 0.336 e. The van der Waals surface area contributed by atoms with Crippen molar-refractivity contribution < 1.29 is 28.7 Å². The van der Waals surface area contributed by atoms with Gasteiger partial charge in [-0.15, -0.1) is 0 Å². The zero-order chi connectivity index (χ0) is 33.6. The van der Waals surface area contributed by atoms with Crippen molar-refractivity contribution in [2.45, 2.75) is 39.5 Å². The molecular weight excluding hydrogens is 608 g/mol. The van der Waals surface area contributed by atoms with Crippen LogP contribution in [0.2, 0.25) is 0 Å². The van der Waals surface area contributed by atoms with Gasteiger partial charge in [-0.3, -0.25) is 9.59 Å². The minimum atomic E-state index is -0.872. The van der Waals surface area contributed by atoms with Crippen LogP contribution in [0.25, 0.3) is 21.5 Å². The van der Waals surface area contributed by atoms with E-state index in [9.17, 15) is 19.2 Å². The number of Topliss-reactive ketones (excluding diaryl/α,β-unsaturated/α-hetero) is 2. The number of nitrogens with zero attached hydrogens (tertiary/aromatic N) is 2. The highest BCUT2D eigenvalue weighted by atomic mass is 16.5. The summed E-state index contributed by atoms with van der Waals surface area (Å²) in [6.07, 6.45) is 6.17. The molecule has 0 saturated heterocycles. The zero-order valence-corrected chi connectivity index (χ0v) is 26.4. The summed E-state index contributed by atoms with van der Waals surface area (Å²) in [7, 11) is 0. The SMILES string of the molecule is Cc1[nH]cnc1CCC(=O)c1c(OC(=O)/C=C\C(=O)Oc2ccc3ccccc3c2C(=O)CCc2nc[nH]c2C)ccc2ccccc12. The zero-order valence-electron chi connectivity index (χ0n) is 26.4. The van der Waals surface area contributed by atoms with Gasteiger partial charge in [0.05, 0.1) is 35.2 Å². The molecule has 0 fully saturated rings. The molecule has 0 aliphatic carbocycles. The summed E-state index contributed by atoms with van der Waals surface area (Å²) >= 11 is 0. The van der Waals surface area contributed by atoms with Gasteiger partial charge in [0.25, 0.3) is 0 Å². The number of ketones is 2. The van der Waals surface area contributed by atoms with E-state index in [1.54, 1.807) is 49.1 Å². The number of aryl methyl sites for hydroxylation is 4. The first-order valence-corrected chi connectivity index (χ1v) is 15.5. The first kappa shape index (κ1) is 31.8. The lowest BCUT2D eigenvalue weighted by Crippen LogP contribution is -2.13. The summed E-state index contributed by atoms with van der Waals surface area (Å²) in [5.41, 5.74) is 3.88. The second-order valence-corrected chi connectivity index (χ2v) is 11.3. The number of imidazole rings is 2. The van der Waals surface area contributed by atoms with E-state index in [1.165, 1.54) is 0 Å². The fourth-order valence-electron chi connectivity index (χ4n) is 5.66. The first-order chi connectivity index (χ1) is 23.3. The van der Waals surface area contributed by atoms with Gasteiger partial charge in [0.1, 0.15) is 11.5 Å². The molecule has 48 heavy (non-hydrogen) atoms. The van der Waals surface area contributed by atoms with Crippen LogP contribution in [0.5, 0.6) is 11.5 Å². The third-order valence-electron chi connectivity index (χ3n) is 8.16. The lowest BCUT2D eigenvalue weighted by Gasteiger charge is -2.12. The standard InChI is InChI=1S/C38H32N4O6/c1-23-29(41-21-39-23)13-15-31(43)37-27-9-5-3-7-25(27)11-17-33(37)47-35(45)19-20-36(46)48-34-18-12-26-8-4-6-10-28(26)38(34)32(44)16-14-30-24(2)40-22-42-30/h3-12,17-22H,13-16H2,1-2H3,(H,39,41)(H,40,42)/b20-19-. The van der Waals surface area contributed by atoms with E-state index in [2.05, 4.69) is 19.9 Å². The average molecular weight is 641 g/mol. The monoisotopic (exact) mass is 640 g/mol. The van der Waals surface area contributed by atoms with Crippen molar-refractivity contribution in [2.24, 2.45) is 0 Å². The van der Waals surface area contributed by atoms with Gasteiger partial charge in [-0.25, -0.2) is 19.6 Å². The van der Waals surface area contributed by atoms with Crippen molar-refractivity contribution >= 4 is 45.0 Å². The van der Waals surface area contributed by atoms with Gasteiger partial charge >= 0.3 is 11.9 Å². The highest BCUT2D eigenvalue weighted by Crippen LogP contribution is 2.31. The van der Waals surface area contributed by atoms with Gasteiger partial charge in [0.15, 0.2) is 11.6 Å². The average Bonchev–Trinajstić information content (AvgIpc) is 3.71. The molecule has 6 rings (SSSR count). The second-order valence-electron chi connectivity index (χ2n) is 11.3. The molecule has 0 spiro atoms. The van der Waals surface area contributed by atoms with Crippen molar-refractivity contribution in [3.05, 3.63) is 132 Å². The van der Waals surface area contributed by atoms with Crippen LogP contribution in [0.15, 0.2) is 97.6 Å². The minimum absolute atomic E-state index is 0.0787.